The van der Waals surface area contributed by atoms with Crippen molar-refractivity contribution in [2.45, 2.75) is 18.6 Å². The van der Waals surface area contributed by atoms with Gasteiger partial charge in [-0.05, 0) is 18.6 Å². The Hall–Kier alpha value is -2.00. The lowest BCUT2D eigenvalue weighted by atomic mass is 10.2. The summed E-state index contributed by atoms with van der Waals surface area (Å²) in [6, 6.07) is 1.63. The standard InChI is InChI=1S/C11H11F2N3O3S/c1-6-2-9(13)10(3-8(6)12)16-20(18,19)11-7(5-17)4-14-15-11/h2-4,16-17H,5H2,1H3,(H,14,15). The van der Waals surface area contributed by atoms with E-state index in [0.717, 1.165) is 18.3 Å². The molecule has 0 aliphatic heterocycles. The minimum absolute atomic E-state index is 0.0190. The van der Waals surface area contributed by atoms with Gasteiger partial charge in [-0.25, -0.2) is 8.78 Å². The molecule has 1 heterocycles. The van der Waals surface area contributed by atoms with Gasteiger partial charge in [0.05, 0.1) is 18.5 Å². The van der Waals surface area contributed by atoms with Crippen LogP contribution < -0.4 is 4.72 Å². The molecule has 2 rings (SSSR count). The van der Waals surface area contributed by atoms with Crippen LogP contribution in [0.2, 0.25) is 0 Å². The van der Waals surface area contributed by atoms with Gasteiger partial charge in [0.15, 0.2) is 5.03 Å². The van der Waals surface area contributed by atoms with Crippen LogP contribution in [0.3, 0.4) is 0 Å². The van der Waals surface area contributed by atoms with Crippen molar-refractivity contribution < 1.29 is 22.3 Å². The van der Waals surface area contributed by atoms with E-state index < -0.39 is 39.0 Å². The third kappa shape index (κ3) is 2.63. The molecule has 0 atom stereocenters. The molecule has 3 N–H and O–H groups in total. The Bertz CT molecular complexity index is 743. The number of H-pyrrole nitrogens is 1. The van der Waals surface area contributed by atoms with Crippen molar-refractivity contribution in [2.24, 2.45) is 0 Å². The second kappa shape index (κ2) is 5.17. The Morgan fingerprint density at radius 3 is 2.70 bits per heavy atom. The number of hydrogen-bond donors (Lipinski definition) is 3. The molecule has 0 aliphatic carbocycles. The Morgan fingerprint density at radius 2 is 2.05 bits per heavy atom. The fraction of sp³-hybridized carbons (Fsp3) is 0.182. The first-order valence-electron chi connectivity index (χ1n) is 5.46. The Morgan fingerprint density at radius 1 is 1.35 bits per heavy atom. The fourth-order valence-electron chi connectivity index (χ4n) is 1.56. The molecule has 108 valence electrons. The van der Waals surface area contributed by atoms with E-state index in [-0.39, 0.29) is 11.1 Å². The molecule has 0 bridgehead atoms. The quantitative estimate of drug-likeness (QED) is 0.793. The molecule has 0 aliphatic rings. The number of halogens is 2. The average molecular weight is 303 g/mol. The van der Waals surface area contributed by atoms with Crippen LogP contribution >= 0.6 is 0 Å². The van der Waals surface area contributed by atoms with Crippen LogP contribution in [-0.2, 0) is 16.6 Å². The third-order valence-corrected chi connectivity index (χ3v) is 3.99. The molecule has 9 heteroatoms. The van der Waals surface area contributed by atoms with E-state index in [0.29, 0.717) is 0 Å². The number of hydrogen-bond acceptors (Lipinski definition) is 4. The molecule has 0 saturated carbocycles. The van der Waals surface area contributed by atoms with Crippen LogP contribution in [0.5, 0.6) is 0 Å². The van der Waals surface area contributed by atoms with Gasteiger partial charge in [0, 0.05) is 11.6 Å². The predicted molar refractivity (Wildman–Crippen MR) is 66.4 cm³/mol. The van der Waals surface area contributed by atoms with Gasteiger partial charge in [0.1, 0.15) is 11.6 Å². The van der Waals surface area contributed by atoms with Gasteiger partial charge in [-0.2, -0.15) is 13.5 Å². The summed E-state index contributed by atoms with van der Waals surface area (Å²) in [7, 11) is -4.20. The van der Waals surface area contributed by atoms with Crippen molar-refractivity contribution in [3.8, 4) is 0 Å². The number of nitrogens with zero attached hydrogens (tertiary/aromatic N) is 1. The van der Waals surface area contributed by atoms with Crippen molar-refractivity contribution in [2.75, 3.05) is 4.72 Å². The lowest BCUT2D eigenvalue weighted by molar-refractivity contribution is 0.278. The SMILES string of the molecule is Cc1cc(F)c(NS(=O)(=O)c2[nH]ncc2CO)cc1F. The number of aryl methyl sites for hydroxylation is 1. The Kier molecular flexibility index (Phi) is 3.73. The number of benzene rings is 1. The van der Waals surface area contributed by atoms with Crippen molar-refractivity contribution in [3.05, 3.63) is 41.1 Å². The van der Waals surface area contributed by atoms with Gasteiger partial charge in [-0.15, -0.1) is 0 Å². The number of rotatable bonds is 4. The van der Waals surface area contributed by atoms with Gasteiger partial charge in [-0.1, -0.05) is 0 Å². The number of aromatic nitrogens is 2. The van der Waals surface area contributed by atoms with E-state index in [9.17, 15) is 17.2 Å². The van der Waals surface area contributed by atoms with Crippen molar-refractivity contribution in [1.82, 2.24) is 10.2 Å². The van der Waals surface area contributed by atoms with Gasteiger partial charge in [0.2, 0.25) is 0 Å². The van der Waals surface area contributed by atoms with E-state index >= 15 is 0 Å². The molecular formula is C11H11F2N3O3S. The van der Waals surface area contributed by atoms with E-state index in [1.165, 1.54) is 6.92 Å². The van der Waals surface area contributed by atoms with Crippen LogP contribution in [0.4, 0.5) is 14.5 Å². The third-order valence-electron chi connectivity index (χ3n) is 2.61. The number of aliphatic hydroxyl groups excluding tert-OH is 1. The monoisotopic (exact) mass is 303 g/mol. The molecule has 0 saturated heterocycles. The van der Waals surface area contributed by atoms with E-state index in [1.807, 2.05) is 4.72 Å². The van der Waals surface area contributed by atoms with Gasteiger partial charge >= 0.3 is 0 Å². The van der Waals surface area contributed by atoms with Crippen LogP contribution in [0, 0.1) is 18.6 Å². The zero-order valence-electron chi connectivity index (χ0n) is 10.3. The molecule has 6 nitrogen and oxygen atoms in total. The molecule has 0 unspecified atom stereocenters. The number of sulfonamides is 1. The molecule has 0 fully saturated rings. The van der Waals surface area contributed by atoms with E-state index in [1.54, 1.807) is 0 Å². The lowest BCUT2D eigenvalue weighted by Crippen LogP contribution is -2.16. The Labute approximate surface area is 113 Å². The minimum atomic E-state index is -4.20. The summed E-state index contributed by atoms with van der Waals surface area (Å²) in [5, 5.41) is 14.3. The summed E-state index contributed by atoms with van der Waals surface area (Å²) in [5.41, 5.74) is -0.444. The first kappa shape index (κ1) is 14.4. The molecule has 0 spiro atoms. The molecule has 20 heavy (non-hydrogen) atoms. The number of nitrogens with one attached hydrogen (secondary N) is 2. The van der Waals surface area contributed by atoms with Crippen molar-refractivity contribution in [3.63, 3.8) is 0 Å². The topological polar surface area (TPSA) is 95.1 Å². The molecule has 1 aromatic carbocycles. The number of anilines is 1. The second-order valence-electron chi connectivity index (χ2n) is 4.07. The van der Waals surface area contributed by atoms with Crippen LogP contribution in [0.15, 0.2) is 23.4 Å². The normalized spacial score (nSPS) is 11.6. The Balaban J connectivity index is 2.41. The first-order valence-corrected chi connectivity index (χ1v) is 6.95. The summed E-state index contributed by atoms with van der Waals surface area (Å²) in [6.07, 6.45) is 1.13. The number of aromatic amines is 1. The smallest absolute Gasteiger partial charge is 0.279 e. The highest BCUT2D eigenvalue weighted by atomic mass is 32.2. The zero-order chi connectivity index (χ0) is 14.9. The van der Waals surface area contributed by atoms with Crippen LogP contribution in [-0.4, -0.2) is 23.7 Å². The molecule has 0 amide bonds. The molecular weight excluding hydrogens is 292 g/mol. The highest BCUT2D eigenvalue weighted by Gasteiger charge is 2.22. The largest absolute Gasteiger partial charge is 0.392 e. The van der Waals surface area contributed by atoms with Gasteiger partial charge < -0.3 is 5.11 Å². The summed E-state index contributed by atoms with van der Waals surface area (Å²) in [4.78, 5) is 0. The summed E-state index contributed by atoms with van der Waals surface area (Å²) < 4.78 is 52.9. The average Bonchev–Trinajstić information content (AvgIpc) is 2.84. The van der Waals surface area contributed by atoms with Crippen molar-refractivity contribution >= 4 is 15.7 Å². The second-order valence-corrected chi connectivity index (χ2v) is 5.69. The van der Waals surface area contributed by atoms with Gasteiger partial charge in [-0.3, -0.25) is 9.82 Å². The highest BCUT2D eigenvalue weighted by Crippen LogP contribution is 2.22. The van der Waals surface area contributed by atoms with Crippen LogP contribution in [0.1, 0.15) is 11.1 Å². The fourth-order valence-corrected chi connectivity index (χ4v) is 2.75. The molecule has 0 radical (unpaired) electrons. The summed E-state index contributed by atoms with van der Waals surface area (Å²) in [6.45, 7) is 0.799. The maximum absolute atomic E-state index is 13.6. The predicted octanol–water partition coefficient (Wildman–Crippen LogP) is 1.29. The lowest BCUT2D eigenvalue weighted by Gasteiger charge is -2.09. The highest BCUT2D eigenvalue weighted by molar-refractivity contribution is 7.92. The van der Waals surface area contributed by atoms with Gasteiger partial charge in [0.25, 0.3) is 10.0 Å². The minimum Gasteiger partial charge on any atom is -0.392 e. The van der Waals surface area contributed by atoms with E-state index in [4.69, 9.17) is 5.11 Å². The maximum atomic E-state index is 13.6. The molecule has 1 aromatic heterocycles. The molecule has 2 aromatic rings. The van der Waals surface area contributed by atoms with E-state index in [2.05, 4.69) is 10.2 Å². The van der Waals surface area contributed by atoms with Crippen molar-refractivity contribution in [1.29, 1.82) is 0 Å². The first-order chi connectivity index (χ1) is 9.35. The number of aliphatic hydroxyl groups is 1. The zero-order valence-corrected chi connectivity index (χ0v) is 11.1. The summed E-state index contributed by atoms with van der Waals surface area (Å²) >= 11 is 0. The summed E-state index contributed by atoms with van der Waals surface area (Å²) in [5.74, 6) is -1.64. The maximum Gasteiger partial charge on any atom is 0.279 e. The van der Waals surface area contributed by atoms with Crippen LogP contribution in [0.25, 0.3) is 0 Å².